The molecule has 0 aromatic carbocycles. The van der Waals surface area contributed by atoms with E-state index in [4.69, 9.17) is 5.73 Å². The highest BCUT2D eigenvalue weighted by Crippen LogP contribution is 2.13. The summed E-state index contributed by atoms with van der Waals surface area (Å²) in [7, 11) is 2.09. The van der Waals surface area contributed by atoms with Gasteiger partial charge in [0.2, 0.25) is 0 Å². The Balaban J connectivity index is 2.00. The average molecular weight is 262 g/mol. The van der Waals surface area contributed by atoms with Crippen molar-refractivity contribution in [1.29, 1.82) is 0 Å². The van der Waals surface area contributed by atoms with E-state index in [1.165, 1.54) is 5.56 Å². The topological polar surface area (TPSA) is 55.0 Å². The standard InChI is InChI=1S/C13H18N4S/c1-10-16-12(9-18-10)8-17(2)7-11-4-3-5-15-13(11)6-14/h3-5,9H,6-8,14H2,1-2H3. The minimum absolute atomic E-state index is 0.486. The highest BCUT2D eigenvalue weighted by Gasteiger charge is 2.07. The van der Waals surface area contributed by atoms with Gasteiger partial charge in [-0.3, -0.25) is 9.88 Å². The molecule has 2 rings (SSSR count). The Labute approximate surface area is 111 Å². The summed E-state index contributed by atoms with van der Waals surface area (Å²) < 4.78 is 0. The van der Waals surface area contributed by atoms with E-state index >= 15 is 0 Å². The number of rotatable bonds is 5. The van der Waals surface area contributed by atoms with E-state index in [1.54, 1.807) is 17.5 Å². The predicted molar refractivity (Wildman–Crippen MR) is 74.2 cm³/mol. The zero-order chi connectivity index (χ0) is 13.0. The molecule has 4 nitrogen and oxygen atoms in total. The molecule has 0 aliphatic carbocycles. The third-order valence-electron chi connectivity index (χ3n) is 2.72. The Kier molecular flexibility index (Phi) is 4.41. The van der Waals surface area contributed by atoms with Crippen LogP contribution < -0.4 is 5.73 Å². The van der Waals surface area contributed by atoms with Gasteiger partial charge in [0.1, 0.15) is 0 Å². The predicted octanol–water partition coefficient (Wildman–Crippen LogP) is 1.94. The molecular weight excluding hydrogens is 244 g/mol. The van der Waals surface area contributed by atoms with E-state index in [2.05, 4.69) is 33.4 Å². The first kappa shape index (κ1) is 13.1. The number of thiazole rings is 1. The third-order valence-corrected chi connectivity index (χ3v) is 3.54. The molecule has 0 amide bonds. The van der Waals surface area contributed by atoms with Crippen molar-refractivity contribution in [2.45, 2.75) is 26.6 Å². The number of hydrogen-bond donors (Lipinski definition) is 1. The van der Waals surface area contributed by atoms with Crippen LogP contribution in [0.15, 0.2) is 23.7 Å². The summed E-state index contributed by atoms with van der Waals surface area (Å²) in [5.74, 6) is 0. The quantitative estimate of drug-likeness (QED) is 0.894. The van der Waals surface area contributed by atoms with Gasteiger partial charge in [0, 0.05) is 31.2 Å². The van der Waals surface area contributed by atoms with E-state index in [-0.39, 0.29) is 0 Å². The fourth-order valence-electron chi connectivity index (χ4n) is 1.90. The molecule has 0 saturated carbocycles. The summed E-state index contributed by atoms with van der Waals surface area (Å²) in [6.07, 6.45) is 1.79. The molecule has 18 heavy (non-hydrogen) atoms. The van der Waals surface area contributed by atoms with Crippen LogP contribution in [0.25, 0.3) is 0 Å². The van der Waals surface area contributed by atoms with E-state index < -0.39 is 0 Å². The summed E-state index contributed by atoms with van der Waals surface area (Å²) in [6, 6.07) is 4.04. The van der Waals surface area contributed by atoms with Gasteiger partial charge < -0.3 is 5.73 Å². The lowest BCUT2D eigenvalue weighted by atomic mass is 10.2. The lowest BCUT2D eigenvalue weighted by Gasteiger charge is -2.16. The van der Waals surface area contributed by atoms with Gasteiger partial charge in [0.15, 0.2) is 0 Å². The minimum atomic E-state index is 0.486. The zero-order valence-corrected chi connectivity index (χ0v) is 11.6. The van der Waals surface area contributed by atoms with Crippen molar-refractivity contribution in [2.24, 2.45) is 5.73 Å². The van der Waals surface area contributed by atoms with E-state index in [9.17, 15) is 0 Å². The van der Waals surface area contributed by atoms with Gasteiger partial charge >= 0.3 is 0 Å². The van der Waals surface area contributed by atoms with Crippen LogP contribution in [0, 0.1) is 6.92 Å². The second-order valence-electron chi connectivity index (χ2n) is 4.34. The molecule has 0 bridgehead atoms. The third kappa shape index (κ3) is 3.35. The first-order valence-corrected chi connectivity index (χ1v) is 6.79. The molecule has 0 aliphatic heterocycles. The van der Waals surface area contributed by atoms with Crippen LogP contribution in [-0.4, -0.2) is 21.9 Å². The van der Waals surface area contributed by atoms with Crippen molar-refractivity contribution in [1.82, 2.24) is 14.9 Å². The van der Waals surface area contributed by atoms with Crippen LogP contribution in [0.5, 0.6) is 0 Å². The average Bonchev–Trinajstić information content (AvgIpc) is 2.75. The van der Waals surface area contributed by atoms with Gasteiger partial charge in [-0.15, -0.1) is 11.3 Å². The maximum Gasteiger partial charge on any atom is 0.0897 e. The molecule has 0 saturated heterocycles. The van der Waals surface area contributed by atoms with Gasteiger partial charge in [-0.1, -0.05) is 6.07 Å². The largest absolute Gasteiger partial charge is 0.325 e. The van der Waals surface area contributed by atoms with Gasteiger partial charge in [0.05, 0.1) is 16.4 Å². The maximum atomic E-state index is 5.69. The molecular formula is C13H18N4S. The van der Waals surface area contributed by atoms with Gasteiger partial charge in [-0.05, 0) is 25.6 Å². The highest BCUT2D eigenvalue weighted by molar-refractivity contribution is 7.09. The van der Waals surface area contributed by atoms with Crippen molar-refractivity contribution in [3.63, 3.8) is 0 Å². The van der Waals surface area contributed by atoms with Gasteiger partial charge in [-0.2, -0.15) is 0 Å². The van der Waals surface area contributed by atoms with Crippen LogP contribution >= 0.6 is 11.3 Å². The SMILES string of the molecule is Cc1nc(CN(C)Cc2cccnc2CN)cs1. The molecule has 2 aromatic heterocycles. The summed E-state index contributed by atoms with van der Waals surface area (Å²) in [5, 5.41) is 3.22. The second-order valence-corrected chi connectivity index (χ2v) is 5.41. The summed E-state index contributed by atoms with van der Waals surface area (Å²) in [4.78, 5) is 11.0. The summed E-state index contributed by atoms with van der Waals surface area (Å²) in [6.45, 7) is 4.21. The minimum Gasteiger partial charge on any atom is -0.325 e. The van der Waals surface area contributed by atoms with Crippen LogP contribution in [0.3, 0.4) is 0 Å². The number of hydrogen-bond acceptors (Lipinski definition) is 5. The second kappa shape index (κ2) is 6.04. The number of aryl methyl sites for hydroxylation is 1. The van der Waals surface area contributed by atoms with Gasteiger partial charge in [0.25, 0.3) is 0 Å². The van der Waals surface area contributed by atoms with Crippen LogP contribution in [0.4, 0.5) is 0 Å². The summed E-state index contributed by atoms with van der Waals surface area (Å²) >= 11 is 1.69. The van der Waals surface area contributed by atoms with Crippen molar-refractivity contribution in [2.75, 3.05) is 7.05 Å². The molecule has 0 radical (unpaired) electrons. The molecule has 5 heteroatoms. The van der Waals surface area contributed by atoms with Crippen molar-refractivity contribution in [3.05, 3.63) is 45.7 Å². The molecule has 0 atom stereocenters. The van der Waals surface area contributed by atoms with E-state index in [0.29, 0.717) is 6.54 Å². The molecule has 0 aliphatic rings. The Hall–Kier alpha value is -1.30. The van der Waals surface area contributed by atoms with Crippen LogP contribution in [0.2, 0.25) is 0 Å². The first-order valence-electron chi connectivity index (χ1n) is 5.91. The van der Waals surface area contributed by atoms with Crippen LogP contribution in [0.1, 0.15) is 22.0 Å². The number of aromatic nitrogens is 2. The van der Waals surface area contributed by atoms with Crippen molar-refractivity contribution in [3.8, 4) is 0 Å². The smallest absolute Gasteiger partial charge is 0.0897 e. The van der Waals surface area contributed by atoms with Crippen molar-refractivity contribution < 1.29 is 0 Å². The van der Waals surface area contributed by atoms with Crippen LogP contribution in [-0.2, 0) is 19.6 Å². The molecule has 0 fully saturated rings. The first-order chi connectivity index (χ1) is 8.69. The molecule has 0 unspecified atom stereocenters. The fraction of sp³-hybridized carbons (Fsp3) is 0.385. The monoisotopic (exact) mass is 262 g/mol. The summed E-state index contributed by atoms with van der Waals surface area (Å²) in [5.41, 5.74) is 8.97. The lowest BCUT2D eigenvalue weighted by molar-refractivity contribution is 0.314. The molecule has 2 N–H and O–H groups in total. The Morgan fingerprint density at radius 3 is 2.89 bits per heavy atom. The normalized spacial score (nSPS) is 11.1. The Morgan fingerprint density at radius 1 is 1.39 bits per heavy atom. The number of nitrogens with zero attached hydrogens (tertiary/aromatic N) is 3. The van der Waals surface area contributed by atoms with E-state index in [0.717, 1.165) is 29.5 Å². The highest BCUT2D eigenvalue weighted by atomic mass is 32.1. The Morgan fingerprint density at radius 2 is 2.22 bits per heavy atom. The lowest BCUT2D eigenvalue weighted by Crippen LogP contribution is -2.19. The molecule has 2 heterocycles. The molecule has 0 spiro atoms. The zero-order valence-electron chi connectivity index (χ0n) is 10.8. The maximum absolute atomic E-state index is 5.69. The molecule has 2 aromatic rings. The fourth-order valence-corrected chi connectivity index (χ4v) is 2.51. The number of nitrogens with two attached hydrogens (primary N) is 1. The number of pyridine rings is 1. The molecule has 96 valence electrons. The Bertz CT molecular complexity index is 509. The van der Waals surface area contributed by atoms with Gasteiger partial charge in [-0.25, -0.2) is 4.98 Å². The van der Waals surface area contributed by atoms with Crippen molar-refractivity contribution >= 4 is 11.3 Å². The van der Waals surface area contributed by atoms with E-state index in [1.807, 2.05) is 13.0 Å².